The maximum atomic E-state index is 12.3. The Balaban J connectivity index is 2.32. The monoisotopic (exact) mass is 314 g/mol. The smallest absolute Gasteiger partial charge is 0.305 e. The normalized spacial score (nSPS) is 21.0. The highest BCUT2D eigenvalue weighted by molar-refractivity contribution is 7.91. The number of carbonyl (C=O) groups excluding carboxylic acids is 1. The van der Waals surface area contributed by atoms with Gasteiger partial charge in [-0.3, -0.25) is 14.4 Å². The van der Waals surface area contributed by atoms with Crippen LogP contribution in [0.5, 0.6) is 0 Å². The second-order valence-corrected chi connectivity index (χ2v) is 7.01. The van der Waals surface area contributed by atoms with Gasteiger partial charge in [-0.25, -0.2) is 8.42 Å². The first-order valence-corrected chi connectivity index (χ1v) is 8.03. The summed E-state index contributed by atoms with van der Waals surface area (Å²) in [5.41, 5.74) is -0.725. The Morgan fingerprint density at radius 3 is 2.76 bits per heavy atom. The molecule has 2 rings (SSSR count). The van der Waals surface area contributed by atoms with Gasteiger partial charge in [-0.15, -0.1) is 0 Å². The molecule has 0 aromatic carbocycles. The van der Waals surface area contributed by atoms with Crippen molar-refractivity contribution in [1.29, 1.82) is 0 Å². The molecule has 1 saturated heterocycles. The van der Waals surface area contributed by atoms with Crippen LogP contribution >= 0.6 is 0 Å². The summed E-state index contributed by atoms with van der Waals surface area (Å²) >= 11 is 0. The van der Waals surface area contributed by atoms with Gasteiger partial charge >= 0.3 is 5.97 Å². The summed E-state index contributed by atoms with van der Waals surface area (Å²) in [7, 11) is -3.38. The number of amides is 1. The van der Waals surface area contributed by atoms with E-state index in [-0.39, 0.29) is 17.9 Å². The maximum absolute atomic E-state index is 12.3. The van der Waals surface area contributed by atoms with Crippen molar-refractivity contribution >= 4 is 21.7 Å². The number of hydrogen-bond acceptors (Lipinski definition) is 5. The van der Waals surface area contributed by atoms with Gasteiger partial charge in [0.15, 0.2) is 9.84 Å². The molecule has 1 atom stereocenters. The van der Waals surface area contributed by atoms with Gasteiger partial charge in [0.05, 0.1) is 24.0 Å². The van der Waals surface area contributed by atoms with Crippen LogP contribution in [-0.2, 0) is 14.6 Å². The lowest BCUT2D eigenvalue weighted by Crippen LogP contribution is -2.52. The van der Waals surface area contributed by atoms with Gasteiger partial charge in [0.1, 0.15) is 5.56 Å². The topological polar surface area (TPSA) is 125 Å². The van der Waals surface area contributed by atoms with E-state index < -0.39 is 45.5 Å². The molecule has 0 aliphatic carbocycles. The predicted octanol–water partition coefficient (Wildman–Crippen LogP) is -0.911. The summed E-state index contributed by atoms with van der Waals surface area (Å²) in [6.07, 6.45) is 0.893. The summed E-state index contributed by atoms with van der Waals surface area (Å²) in [5.74, 6) is -2.50. The third-order valence-electron chi connectivity index (χ3n) is 3.25. The van der Waals surface area contributed by atoms with E-state index in [2.05, 4.69) is 4.98 Å². The van der Waals surface area contributed by atoms with E-state index in [1.807, 2.05) is 0 Å². The van der Waals surface area contributed by atoms with E-state index in [1.54, 1.807) is 0 Å². The number of hydrogen-bond donors (Lipinski definition) is 2. The Morgan fingerprint density at radius 2 is 2.14 bits per heavy atom. The van der Waals surface area contributed by atoms with Gasteiger partial charge in [0.2, 0.25) is 0 Å². The van der Waals surface area contributed by atoms with Gasteiger partial charge in [-0.2, -0.15) is 0 Å². The molecule has 2 heterocycles. The number of rotatable bonds is 3. The number of carboxylic acids is 1. The lowest BCUT2D eigenvalue weighted by atomic mass is 10.1. The number of H-pyrrole nitrogens is 1. The van der Waals surface area contributed by atoms with Crippen LogP contribution in [0.25, 0.3) is 0 Å². The van der Waals surface area contributed by atoms with Crippen molar-refractivity contribution in [3.63, 3.8) is 0 Å². The predicted molar refractivity (Wildman–Crippen MR) is 72.8 cm³/mol. The molecule has 9 heteroatoms. The van der Waals surface area contributed by atoms with E-state index in [1.165, 1.54) is 18.3 Å². The van der Waals surface area contributed by atoms with Gasteiger partial charge in [0, 0.05) is 12.7 Å². The first-order valence-electron chi connectivity index (χ1n) is 6.21. The molecule has 0 bridgehead atoms. The third kappa shape index (κ3) is 3.48. The van der Waals surface area contributed by atoms with Crippen LogP contribution in [0.2, 0.25) is 0 Å². The molecule has 1 aliphatic rings. The molecule has 8 nitrogen and oxygen atoms in total. The number of pyridine rings is 1. The van der Waals surface area contributed by atoms with E-state index in [9.17, 15) is 22.8 Å². The molecule has 1 fully saturated rings. The standard InChI is InChI=1S/C12H14N2O6S/c15-10(16)6-8-7-21(19,20)5-4-14(8)12(18)9-2-1-3-13-11(9)17/h1-3,8H,4-7H2,(H,13,17)(H,15,16). The number of nitrogens with zero attached hydrogens (tertiary/aromatic N) is 1. The lowest BCUT2D eigenvalue weighted by molar-refractivity contribution is -0.138. The number of nitrogens with one attached hydrogen (secondary N) is 1. The minimum atomic E-state index is -3.38. The molecule has 2 N–H and O–H groups in total. The fourth-order valence-electron chi connectivity index (χ4n) is 2.27. The van der Waals surface area contributed by atoms with Gasteiger partial charge in [-0.05, 0) is 12.1 Å². The van der Waals surface area contributed by atoms with Crippen molar-refractivity contribution in [2.45, 2.75) is 12.5 Å². The molecule has 1 aliphatic heterocycles. The molecule has 0 spiro atoms. The number of aliphatic carboxylic acids is 1. The zero-order chi connectivity index (χ0) is 15.6. The Labute approximate surface area is 120 Å². The molecule has 0 radical (unpaired) electrons. The Kier molecular flexibility index (Phi) is 4.12. The van der Waals surface area contributed by atoms with Crippen molar-refractivity contribution in [2.24, 2.45) is 0 Å². The molecular formula is C12H14N2O6S. The van der Waals surface area contributed by atoms with E-state index >= 15 is 0 Å². The van der Waals surface area contributed by atoms with Crippen LogP contribution in [0.3, 0.4) is 0 Å². The van der Waals surface area contributed by atoms with Crippen LogP contribution in [0.15, 0.2) is 23.1 Å². The molecule has 0 saturated carbocycles. The average molecular weight is 314 g/mol. The highest BCUT2D eigenvalue weighted by Crippen LogP contribution is 2.17. The highest BCUT2D eigenvalue weighted by Gasteiger charge is 2.36. The van der Waals surface area contributed by atoms with Crippen LogP contribution < -0.4 is 5.56 Å². The summed E-state index contributed by atoms with van der Waals surface area (Å²) in [4.78, 5) is 38.3. The number of sulfone groups is 1. The molecule has 21 heavy (non-hydrogen) atoms. The fourth-order valence-corrected chi connectivity index (χ4v) is 3.79. The Morgan fingerprint density at radius 1 is 1.43 bits per heavy atom. The largest absolute Gasteiger partial charge is 0.481 e. The van der Waals surface area contributed by atoms with Gasteiger partial charge in [0.25, 0.3) is 11.5 Å². The van der Waals surface area contributed by atoms with Crippen molar-refractivity contribution < 1.29 is 23.1 Å². The first kappa shape index (κ1) is 15.2. The van der Waals surface area contributed by atoms with Crippen LogP contribution in [0.1, 0.15) is 16.8 Å². The zero-order valence-electron chi connectivity index (χ0n) is 11.0. The van der Waals surface area contributed by atoms with E-state index in [0.29, 0.717) is 0 Å². The van der Waals surface area contributed by atoms with Crippen molar-refractivity contribution in [3.8, 4) is 0 Å². The number of carbonyl (C=O) groups is 2. The molecular weight excluding hydrogens is 300 g/mol. The van der Waals surface area contributed by atoms with Crippen LogP contribution in [0.4, 0.5) is 0 Å². The van der Waals surface area contributed by atoms with Crippen molar-refractivity contribution in [2.75, 3.05) is 18.1 Å². The number of aromatic amines is 1. The Bertz CT molecular complexity index is 723. The number of carboxylic acid groups (broad SMARTS) is 1. The fraction of sp³-hybridized carbons (Fsp3) is 0.417. The summed E-state index contributed by atoms with van der Waals surface area (Å²) < 4.78 is 23.2. The zero-order valence-corrected chi connectivity index (χ0v) is 11.8. The molecule has 1 amide bonds. The quantitative estimate of drug-likeness (QED) is 0.744. The molecule has 1 aromatic heterocycles. The van der Waals surface area contributed by atoms with E-state index in [0.717, 1.165) is 4.90 Å². The summed E-state index contributed by atoms with van der Waals surface area (Å²) in [6, 6.07) is 1.83. The second-order valence-electron chi connectivity index (χ2n) is 4.78. The minimum absolute atomic E-state index is 0.118. The third-order valence-corrected chi connectivity index (χ3v) is 4.95. The second kappa shape index (κ2) is 5.68. The van der Waals surface area contributed by atoms with E-state index in [4.69, 9.17) is 5.11 Å². The first-order chi connectivity index (χ1) is 9.80. The maximum Gasteiger partial charge on any atom is 0.305 e. The minimum Gasteiger partial charge on any atom is -0.481 e. The van der Waals surface area contributed by atoms with Gasteiger partial charge in [-0.1, -0.05) is 0 Å². The number of aromatic nitrogens is 1. The lowest BCUT2D eigenvalue weighted by Gasteiger charge is -2.34. The SMILES string of the molecule is O=C(O)CC1CS(=O)(=O)CCN1C(=O)c1ccc[nH]c1=O. The molecule has 1 aromatic rings. The average Bonchev–Trinajstić information content (AvgIpc) is 2.37. The van der Waals surface area contributed by atoms with Crippen molar-refractivity contribution in [3.05, 3.63) is 34.2 Å². The summed E-state index contributed by atoms with van der Waals surface area (Å²) in [5, 5.41) is 8.86. The highest BCUT2D eigenvalue weighted by atomic mass is 32.2. The summed E-state index contributed by atoms with van der Waals surface area (Å²) in [6.45, 7) is -0.118. The van der Waals surface area contributed by atoms with Gasteiger partial charge < -0.3 is 15.0 Å². The van der Waals surface area contributed by atoms with Crippen LogP contribution in [0, 0.1) is 0 Å². The molecule has 114 valence electrons. The Hall–Kier alpha value is -2.16. The van der Waals surface area contributed by atoms with Crippen molar-refractivity contribution in [1.82, 2.24) is 9.88 Å². The molecule has 1 unspecified atom stereocenters. The van der Waals surface area contributed by atoms with Crippen LogP contribution in [-0.4, -0.2) is 59.4 Å².